The molecule has 2 aromatic rings. The molecule has 156 valence electrons. The van der Waals surface area contributed by atoms with Gasteiger partial charge < -0.3 is 19.9 Å². The topological polar surface area (TPSA) is 107 Å². The zero-order valence-electron chi connectivity index (χ0n) is 17.2. The van der Waals surface area contributed by atoms with Crippen molar-refractivity contribution in [3.8, 4) is 6.07 Å². The van der Waals surface area contributed by atoms with E-state index in [4.69, 9.17) is 31.5 Å². The minimum atomic E-state index is -0.857. The highest BCUT2D eigenvalue weighted by Gasteiger charge is 2.38. The van der Waals surface area contributed by atoms with Gasteiger partial charge in [0, 0.05) is 18.1 Å². The molecule has 2 heterocycles. The number of nitrogens with zero attached hydrogens (tertiary/aromatic N) is 2. The van der Waals surface area contributed by atoms with Crippen LogP contribution in [-0.2, 0) is 19.0 Å². The number of fused-ring (bicyclic) bond motifs is 1. The predicted octanol–water partition coefficient (Wildman–Crippen LogP) is 3.78. The first-order valence-corrected chi connectivity index (χ1v) is 9.68. The average Bonchev–Trinajstić information content (AvgIpc) is 2.67. The van der Waals surface area contributed by atoms with Crippen LogP contribution in [0.15, 0.2) is 41.0 Å². The van der Waals surface area contributed by atoms with Crippen molar-refractivity contribution in [2.45, 2.75) is 26.7 Å². The number of hydrogen-bond acceptors (Lipinski definition) is 7. The molecule has 1 aromatic heterocycles. The molecule has 0 fully saturated rings. The third-order valence-electron chi connectivity index (χ3n) is 4.89. The van der Waals surface area contributed by atoms with E-state index in [1.54, 1.807) is 6.92 Å². The molecule has 1 aliphatic heterocycles. The number of carbonyl (C=O) groups excluding carboxylic acids is 1. The Morgan fingerprint density at radius 3 is 2.70 bits per heavy atom. The van der Waals surface area contributed by atoms with Gasteiger partial charge in [-0.1, -0.05) is 23.2 Å². The van der Waals surface area contributed by atoms with Crippen LogP contribution in [0, 0.1) is 25.2 Å². The van der Waals surface area contributed by atoms with Crippen LogP contribution in [0.3, 0.4) is 0 Å². The number of carbonyl (C=O) groups is 1. The number of nitrogens with two attached hydrogens (primary N) is 1. The second-order valence-corrected chi connectivity index (χ2v) is 7.40. The summed E-state index contributed by atoms with van der Waals surface area (Å²) in [6.07, 6.45) is 0. The lowest BCUT2D eigenvalue weighted by Gasteiger charge is -2.27. The van der Waals surface area contributed by atoms with E-state index in [9.17, 15) is 10.1 Å². The summed E-state index contributed by atoms with van der Waals surface area (Å²) in [6, 6.07) is 7.87. The second kappa shape index (κ2) is 8.74. The standard InChI is InChI=1S/C22H22ClN3O4/c1-11-7-12(2)19-14(8-11)9-15(20(23)26-19)18-16(10-24)21(25)30-13(3)17(18)22(27)29-6-5-28-4/h7-9,18H,5-6,25H2,1-4H3. The quantitative estimate of drug-likeness (QED) is 0.439. The Hall–Kier alpha value is -3.08. The lowest BCUT2D eigenvalue weighted by atomic mass is 9.83. The van der Waals surface area contributed by atoms with Crippen molar-refractivity contribution in [2.75, 3.05) is 20.3 Å². The maximum atomic E-state index is 12.9. The molecule has 7 nitrogen and oxygen atoms in total. The number of aromatic nitrogens is 1. The van der Waals surface area contributed by atoms with Gasteiger partial charge in [0.1, 0.15) is 29.2 Å². The fraction of sp³-hybridized carbons (Fsp3) is 0.318. The van der Waals surface area contributed by atoms with E-state index in [0.717, 1.165) is 22.0 Å². The van der Waals surface area contributed by atoms with E-state index < -0.39 is 11.9 Å². The normalized spacial score (nSPS) is 16.5. The van der Waals surface area contributed by atoms with E-state index in [2.05, 4.69) is 4.98 Å². The summed E-state index contributed by atoms with van der Waals surface area (Å²) in [5.74, 6) is -1.32. The van der Waals surface area contributed by atoms with Crippen LogP contribution >= 0.6 is 11.6 Å². The number of benzene rings is 1. The number of halogens is 1. The first-order chi connectivity index (χ1) is 14.3. The third-order valence-corrected chi connectivity index (χ3v) is 5.19. The van der Waals surface area contributed by atoms with Crippen molar-refractivity contribution in [2.24, 2.45) is 5.73 Å². The Morgan fingerprint density at radius 1 is 1.30 bits per heavy atom. The number of esters is 1. The summed E-state index contributed by atoms with van der Waals surface area (Å²) in [5.41, 5.74) is 9.47. The lowest BCUT2D eigenvalue weighted by Crippen LogP contribution is -2.26. The van der Waals surface area contributed by atoms with Crippen molar-refractivity contribution in [3.63, 3.8) is 0 Å². The van der Waals surface area contributed by atoms with Crippen molar-refractivity contribution >= 4 is 28.5 Å². The molecule has 0 aliphatic carbocycles. The van der Waals surface area contributed by atoms with Gasteiger partial charge in [-0.15, -0.1) is 0 Å². The van der Waals surface area contributed by atoms with Crippen LogP contribution < -0.4 is 5.73 Å². The number of aryl methyl sites for hydroxylation is 2. The van der Waals surface area contributed by atoms with Crippen LogP contribution in [-0.4, -0.2) is 31.3 Å². The Balaban J connectivity index is 2.20. The van der Waals surface area contributed by atoms with Crippen molar-refractivity contribution in [1.29, 1.82) is 5.26 Å². The smallest absolute Gasteiger partial charge is 0.338 e. The minimum Gasteiger partial charge on any atom is -0.460 e. The fourth-order valence-corrected chi connectivity index (χ4v) is 3.85. The lowest BCUT2D eigenvalue weighted by molar-refractivity contribution is -0.140. The van der Waals surface area contributed by atoms with Crippen LogP contribution in [0.1, 0.15) is 29.5 Å². The van der Waals surface area contributed by atoms with Gasteiger partial charge in [-0.2, -0.15) is 5.26 Å². The molecule has 8 heteroatoms. The second-order valence-electron chi connectivity index (χ2n) is 7.05. The molecule has 0 saturated heterocycles. The molecule has 0 saturated carbocycles. The van der Waals surface area contributed by atoms with Crippen molar-refractivity contribution in [1.82, 2.24) is 4.98 Å². The molecular formula is C22H22ClN3O4. The zero-order chi connectivity index (χ0) is 22.0. The van der Waals surface area contributed by atoms with Crippen LogP contribution in [0.25, 0.3) is 10.9 Å². The number of pyridine rings is 1. The highest BCUT2D eigenvalue weighted by molar-refractivity contribution is 6.31. The summed E-state index contributed by atoms with van der Waals surface area (Å²) in [5, 5.41) is 10.8. The maximum absolute atomic E-state index is 12.9. The molecule has 1 unspecified atom stereocenters. The Morgan fingerprint density at radius 2 is 2.03 bits per heavy atom. The summed E-state index contributed by atoms with van der Waals surface area (Å²) in [6.45, 7) is 5.83. The summed E-state index contributed by atoms with van der Waals surface area (Å²) in [4.78, 5) is 17.4. The minimum absolute atomic E-state index is 0.0575. The van der Waals surface area contributed by atoms with Gasteiger partial charge >= 0.3 is 5.97 Å². The average molecular weight is 428 g/mol. The van der Waals surface area contributed by atoms with Gasteiger partial charge in [-0.25, -0.2) is 9.78 Å². The molecule has 30 heavy (non-hydrogen) atoms. The number of methoxy groups -OCH3 is 1. The Labute approximate surface area is 179 Å². The first kappa shape index (κ1) is 21.6. The van der Waals surface area contributed by atoms with Gasteiger partial charge in [0.2, 0.25) is 5.88 Å². The van der Waals surface area contributed by atoms with E-state index in [1.807, 2.05) is 38.1 Å². The largest absolute Gasteiger partial charge is 0.460 e. The van der Waals surface area contributed by atoms with Gasteiger partial charge in [0.25, 0.3) is 0 Å². The highest BCUT2D eigenvalue weighted by Crippen LogP contribution is 2.42. The summed E-state index contributed by atoms with van der Waals surface area (Å²) < 4.78 is 15.7. The summed E-state index contributed by atoms with van der Waals surface area (Å²) in [7, 11) is 1.51. The molecule has 0 bridgehead atoms. The molecule has 1 aromatic carbocycles. The molecule has 0 radical (unpaired) electrons. The monoisotopic (exact) mass is 427 g/mol. The van der Waals surface area contributed by atoms with E-state index in [-0.39, 0.29) is 41.2 Å². The van der Waals surface area contributed by atoms with Crippen LogP contribution in [0.5, 0.6) is 0 Å². The SMILES string of the molecule is COCCOC(=O)C1=C(C)OC(N)=C(C#N)C1c1cc2cc(C)cc(C)c2nc1Cl. The number of hydrogen-bond donors (Lipinski definition) is 1. The molecule has 2 N–H and O–H groups in total. The van der Waals surface area contributed by atoms with E-state index in [1.165, 1.54) is 7.11 Å². The van der Waals surface area contributed by atoms with Crippen LogP contribution in [0.2, 0.25) is 5.15 Å². The van der Waals surface area contributed by atoms with Gasteiger partial charge in [0.15, 0.2) is 0 Å². The van der Waals surface area contributed by atoms with E-state index in [0.29, 0.717) is 5.56 Å². The maximum Gasteiger partial charge on any atom is 0.338 e. The van der Waals surface area contributed by atoms with Gasteiger partial charge in [-0.05, 0) is 38.5 Å². The third kappa shape index (κ3) is 3.97. The number of rotatable bonds is 5. The zero-order valence-corrected chi connectivity index (χ0v) is 18.0. The van der Waals surface area contributed by atoms with Gasteiger partial charge in [0.05, 0.1) is 23.6 Å². The Bertz CT molecular complexity index is 1130. The van der Waals surface area contributed by atoms with Crippen LogP contribution in [0.4, 0.5) is 0 Å². The summed E-state index contributed by atoms with van der Waals surface area (Å²) >= 11 is 6.54. The molecule has 0 spiro atoms. The number of allylic oxidation sites excluding steroid dienone is 2. The number of ether oxygens (including phenoxy) is 3. The molecular weight excluding hydrogens is 406 g/mol. The first-order valence-electron chi connectivity index (χ1n) is 9.30. The predicted molar refractivity (Wildman–Crippen MR) is 112 cm³/mol. The van der Waals surface area contributed by atoms with E-state index >= 15 is 0 Å². The highest BCUT2D eigenvalue weighted by atomic mass is 35.5. The molecule has 0 amide bonds. The molecule has 1 atom stereocenters. The number of nitriles is 1. The fourth-order valence-electron chi connectivity index (χ4n) is 3.60. The Kier molecular flexibility index (Phi) is 6.30. The molecule has 3 rings (SSSR count). The van der Waals surface area contributed by atoms with Crippen molar-refractivity contribution in [3.05, 3.63) is 62.8 Å². The van der Waals surface area contributed by atoms with Crippen molar-refractivity contribution < 1.29 is 19.0 Å². The molecule has 1 aliphatic rings. The van der Waals surface area contributed by atoms with Gasteiger partial charge in [-0.3, -0.25) is 0 Å².